The molecule has 1 unspecified atom stereocenters. The van der Waals surface area contributed by atoms with Gasteiger partial charge in [-0.2, -0.15) is 18.2 Å². The van der Waals surface area contributed by atoms with Crippen LogP contribution in [0.15, 0.2) is 29.2 Å². The normalized spacial score (nSPS) is 23.9. The van der Waals surface area contributed by atoms with E-state index in [0.29, 0.717) is 24.8 Å². The van der Waals surface area contributed by atoms with Gasteiger partial charge in [-0.1, -0.05) is 0 Å². The lowest BCUT2D eigenvalue weighted by atomic mass is 9.97. The fraction of sp³-hybridized carbons (Fsp3) is 0.565. The number of rotatable bonds is 5. The number of alkyl halides is 3. The molecule has 35 heavy (non-hydrogen) atoms. The first-order valence-electron chi connectivity index (χ1n) is 11.6. The molecular weight excluding hydrogens is 465 g/mol. The van der Waals surface area contributed by atoms with Crippen LogP contribution < -0.4 is 20.3 Å². The summed E-state index contributed by atoms with van der Waals surface area (Å²) in [6, 6.07) is 2.64. The van der Waals surface area contributed by atoms with E-state index in [1.807, 2.05) is 4.90 Å². The van der Waals surface area contributed by atoms with E-state index in [2.05, 4.69) is 9.97 Å². The highest BCUT2D eigenvalue weighted by Gasteiger charge is 2.47. The summed E-state index contributed by atoms with van der Waals surface area (Å²) in [4.78, 5) is 39.3. The molecule has 3 fully saturated rings. The Bertz CT molecular complexity index is 1160. The summed E-state index contributed by atoms with van der Waals surface area (Å²) in [6.45, 7) is 0.336. The van der Waals surface area contributed by atoms with Crippen molar-refractivity contribution in [2.45, 2.75) is 50.2 Å². The smallest absolute Gasteiger partial charge is 0.374 e. The minimum absolute atomic E-state index is 0.0128. The number of hydrogen-bond donors (Lipinski definition) is 0. The van der Waals surface area contributed by atoms with Crippen molar-refractivity contribution < 1.29 is 22.7 Å². The molecule has 0 aromatic carbocycles. The predicted molar refractivity (Wildman–Crippen MR) is 123 cm³/mol. The minimum Gasteiger partial charge on any atom is -0.374 e. The maximum atomic E-state index is 14.0. The largest absolute Gasteiger partial charge is 0.408 e. The summed E-state index contributed by atoms with van der Waals surface area (Å²) >= 11 is 0. The standard InChI is InChI=1S/C23H27F3N6O3/c1-29(2)19-6-3-14(10-27-19)17(33)12-32-18(23(24,25)26)7-8-30-21(34)9-20(28-22(30)32)31-11-16-5-4-15(31)13-35-16/h3,6,9-10,15-16,18H,4-5,7-8,11-13H2,1-2H3/t15?,16-,18-/m0/s1. The van der Waals surface area contributed by atoms with Crippen LogP contribution >= 0.6 is 0 Å². The molecule has 188 valence electrons. The summed E-state index contributed by atoms with van der Waals surface area (Å²) in [6.07, 6.45) is -1.80. The Hall–Kier alpha value is -3.15. The van der Waals surface area contributed by atoms with Gasteiger partial charge in [-0.3, -0.25) is 14.2 Å². The maximum Gasteiger partial charge on any atom is 0.408 e. The number of hydrogen-bond acceptors (Lipinski definition) is 8. The molecule has 2 aromatic heterocycles. The Balaban J connectivity index is 1.50. The summed E-state index contributed by atoms with van der Waals surface area (Å²) < 4.78 is 49.1. The molecule has 6 rings (SSSR count). The quantitative estimate of drug-likeness (QED) is 0.587. The number of anilines is 3. The van der Waals surface area contributed by atoms with Crippen LogP contribution in [0.3, 0.4) is 0 Å². The van der Waals surface area contributed by atoms with Crippen molar-refractivity contribution in [3.05, 3.63) is 40.3 Å². The highest BCUT2D eigenvalue weighted by Crippen LogP contribution is 2.36. The molecule has 0 spiro atoms. The Morgan fingerprint density at radius 3 is 2.60 bits per heavy atom. The van der Waals surface area contributed by atoms with Gasteiger partial charge >= 0.3 is 6.18 Å². The number of aromatic nitrogens is 3. The zero-order chi connectivity index (χ0) is 24.9. The molecule has 2 bridgehead atoms. The maximum absolute atomic E-state index is 14.0. The number of pyridine rings is 1. The first kappa shape index (κ1) is 23.6. The second-order valence-electron chi connectivity index (χ2n) is 9.44. The predicted octanol–water partition coefficient (Wildman–Crippen LogP) is 2.10. The number of morpholine rings is 1. The van der Waals surface area contributed by atoms with Gasteiger partial charge in [-0.05, 0) is 31.4 Å². The lowest BCUT2D eigenvalue weighted by molar-refractivity contribution is -0.152. The second kappa shape index (κ2) is 8.81. The molecule has 0 amide bonds. The number of ether oxygens (including phenoxy) is 1. The second-order valence-corrected chi connectivity index (χ2v) is 9.44. The monoisotopic (exact) mass is 492 g/mol. The number of carbonyl (C=O) groups is 1. The zero-order valence-corrected chi connectivity index (χ0v) is 19.5. The van der Waals surface area contributed by atoms with Crippen LogP contribution in [0.4, 0.5) is 30.8 Å². The van der Waals surface area contributed by atoms with Gasteiger partial charge < -0.3 is 19.4 Å². The van der Waals surface area contributed by atoms with E-state index in [0.717, 1.165) is 17.7 Å². The van der Waals surface area contributed by atoms with Gasteiger partial charge in [0.15, 0.2) is 5.78 Å². The lowest BCUT2D eigenvalue weighted by Gasteiger charge is -2.46. The van der Waals surface area contributed by atoms with E-state index >= 15 is 0 Å². The van der Waals surface area contributed by atoms with E-state index in [1.165, 1.54) is 16.8 Å². The first-order valence-corrected chi connectivity index (χ1v) is 11.6. The Kier molecular flexibility index (Phi) is 5.94. The van der Waals surface area contributed by atoms with Crippen LogP contribution in [-0.2, 0) is 11.3 Å². The SMILES string of the molecule is CN(C)c1ccc(C(=O)CN2c3nc(N4C[C@@H]5CCC4CO5)cc(=O)n3CC[C@H]2C(F)(F)F)cn1. The van der Waals surface area contributed by atoms with Crippen LogP contribution in [-0.4, -0.2) is 78.5 Å². The summed E-state index contributed by atoms with van der Waals surface area (Å²) in [5, 5.41) is 0. The molecule has 0 N–H and O–H groups in total. The van der Waals surface area contributed by atoms with Crippen LogP contribution in [0.1, 0.15) is 29.6 Å². The zero-order valence-electron chi connectivity index (χ0n) is 19.5. The number of nitrogens with zero attached hydrogens (tertiary/aromatic N) is 6. The third kappa shape index (κ3) is 4.46. The van der Waals surface area contributed by atoms with Gasteiger partial charge in [-0.15, -0.1) is 0 Å². The van der Waals surface area contributed by atoms with Crippen molar-refractivity contribution in [1.29, 1.82) is 0 Å². The van der Waals surface area contributed by atoms with E-state index in [-0.39, 0.29) is 36.6 Å². The highest BCUT2D eigenvalue weighted by atomic mass is 19.4. The molecular formula is C23H27F3N6O3. The van der Waals surface area contributed by atoms with Crippen LogP contribution in [0.2, 0.25) is 0 Å². The van der Waals surface area contributed by atoms with Crippen molar-refractivity contribution in [3.8, 4) is 0 Å². The molecule has 12 heteroatoms. The molecule has 0 saturated carbocycles. The third-order valence-electron chi connectivity index (χ3n) is 6.94. The fourth-order valence-electron chi connectivity index (χ4n) is 5.02. The molecule has 3 atom stereocenters. The number of Topliss-reactive ketones (excluding diaryl/α,β-unsaturated/α-hetero) is 1. The van der Waals surface area contributed by atoms with Crippen molar-refractivity contribution in [2.24, 2.45) is 0 Å². The van der Waals surface area contributed by atoms with Gasteiger partial charge in [0.05, 0.1) is 25.3 Å². The van der Waals surface area contributed by atoms with E-state index in [1.54, 1.807) is 31.1 Å². The molecule has 0 aliphatic carbocycles. The van der Waals surface area contributed by atoms with Gasteiger partial charge in [0.25, 0.3) is 5.56 Å². The van der Waals surface area contributed by atoms with Crippen LogP contribution in [0.25, 0.3) is 0 Å². The van der Waals surface area contributed by atoms with Gasteiger partial charge in [0.2, 0.25) is 5.95 Å². The van der Waals surface area contributed by atoms with Crippen molar-refractivity contribution in [2.75, 3.05) is 48.5 Å². The number of carbonyl (C=O) groups excluding carboxylic acids is 1. The van der Waals surface area contributed by atoms with Crippen LogP contribution in [0.5, 0.6) is 0 Å². The van der Waals surface area contributed by atoms with Crippen LogP contribution in [0, 0.1) is 0 Å². The summed E-state index contributed by atoms with van der Waals surface area (Å²) in [5.74, 6) is 0.289. The number of fused-ring (bicyclic) bond motifs is 4. The molecule has 6 heterocycles. The topological polar surface area (TPSA) is 83.8 Å². The van der Waals surface area contributed by atoms with E-state index in [4.69, 9.17) is 4.74 Å². The number of halogens is 3. The van der Waals surface area contributed by atoms with Crippen molar-refractivity contribution >= 4 is 23.4 Å². The summed E-state index contributed by atoms with van der Waals surface area (Å²) in [5.41, 5.74) is -0.236. The number of piperidine rings is 1. The Morgan fingerprint density at radius 1 is 1.23 bits per heavy atom. The van der Waals surface area contributed by atoms with E-state index < -0.39 is 30.1 Å². The van der Waals surface area contributed by atoms with Gasteiger partial charge in [-0.25, -0.2) is 4.98 Å². The van der Waals surface area contributed by atoms with E-state index in [9.17, 15) is 22.8 Å². The molecule has 0 radical (unpaired) electrons. The Morgan fingerprint density at radius 2 is 2.03 bits per heavy atom. The average Bonchev–Trinajstić information content (AvgIpc) is 2.84. The highest BCUT2D eigenvalue weighted by molar-refractivity contribution is 5.99. The number of ketones is 1. The lowest BCUT2D eigenvalue weighted by Crippen LogP contribution is -2.56. The Labute approximate surface area is 200 Å². The molecule has 4 aliphatic rings. The molecule has 2 aromatic rings. The minimum atomic E-state index is -4.59. The molecule has 9 nitrogen and oxygen atoms in total. The fourth-order valence-corrected chi connectivity index (χ4v) is 5.02. The third-order valence-corrected chi connectivity index (χ3v) is 6.94. The van der Waals surface area contributed by atoms with Crippen molar-refractivity contribution in [3.63, 3.8) is 0 Å². The van der Waals surface area contributed by atoms with Gasteiger partial charge in [0, 0.05) is 45.0 Å². The first-order chi connectivity index (χ1) is 16.6. The van der Waals surface area contributed by atoms with Gasteiger partial charge in [0.1, 0.15) is 17.7 Å². The average molecular weight is 493 g/mol. The molecule has 4 aliphatic heterocycles. The summed E-state index contributed by atoms with van der Waals surface area (Å²) in [7, 11) is 3.59. The van der Waals surface area contributed by atoms with Crippen molar-refractivity contribution in [1.82, 2.24) is 14.5 Å². The molecule has 3 saturated heterocycles.